The fourth-order valence-corrected chi connectivity index (χ4v) is 2.23. The van der Waals surface area contributed by atoms with Gasteiger partial charge >= 0.3 is 0 Å². The van der Waals surface area contributed by atoms with Crippen LogP contribution in [0.1, 0.15) is 11.1 Å². The van der Waals surface area contributed by atoms with Gasteiger partial charge < -0.3 is 18.9 Å². The second-order valence-electron chi connectivity index (χ2n) is 5.40. The lowest BCUT2D eigenvalue weighted by Crippen LogP contribution is -2.07. The number of non-ortho nitro benzene ring substituents is 1. The predicted octanol–water partition coefficient (Wildman–Crippen LogP) is 4.00. The molecule has 0 aliphatic heterocycles. The maximum atomic E-state index is 10.9. The third-order valence-corrected chi connectivity index (χ3v) is 3.44. The van der Waals surface area contributed by atoms with Gasteiger partial charge in [0.2, 0.25) is 0 Å². The number of nitro groups is 1. The Kier molecular flexibility index (Phi) is 6.73. The van der Waals surface area contributed by atoms with Crippen molar-refractivity contribution < 1.29 is 23.9 Å². The zero-order valence-electron chi connectivity index (χ0n) is 14.5. The van der Waals surface area contributed by atoms with Gasteiger partial charge in [0.05, 0.1) is 18.1 Å². The van der Waals surface area contributed by atoms with Crippen LogP contribution in [0.3, 0.4) is 0 Å². The lowest BCUT2D eigenvalue weighted by Gasteiger charge is -2.12. The van der Waals surface area contributed by atoms with E-state index in [1.165, 1.54) is 12.1 Å². The van der Waals surface area contributed by atoms with Gasteiger partial charge in [-0.05, 0) is 49.2 Å². The van der Waals surface area contributed by atoms with Crippen LogP contribution in [-0.4, -0.2) is 32.0 Å². The van der Waals surface area contributed by atoms with Crippen LogP contribution < -0.4 is 9.47 Å². The summed E-state index contributed by atoms with van der Waals surface area (Å²) < 4.78 is 21.4. The van der Waals surface area contributed by atoms with E-state index in [9.17, 15) is 10.1 Å². The minimum absolute atomic E-state index is 0.0552. The lowest BCUT2D eigenvalue weighted by molar-refractivity contribution is -0.385. The van der Waals surface area contributed by atoms with Crippen molar-refractivity contribution in [1.82, 2.24) is 0 Å². The highest BCUT2D eigenvalue weighted by Gasteiger charge is 2.13. The van der Waals surface area contributed by atoms with Crippen molar-refractivity contribution in [3.8, 4) is 17.2 Å². The average molecular weight is 347 g/mol. The highest BCUT2D eigenvalue weighted by atomic mass is 16.7. The van der Waals surface area contributed by atoms with Gasteiger partial charge in [-0.1, -0.05) is 0 Å². The first-order chi connectivity index (χ1) is 12.0. The second kappa shape index (κ2) is 9.00. The first-order valence-electron chi connectivity index (χ1n) is 7.74. The number of rotatable bonds is 9. The van der Waals surface area contributed by atoms with Crippen molar-refractivity contribution in [3.63, 3.8) is 0 Å². The largest absolute Gasteiger partial charge is 0.468 e. The van der Waals surface area contributed by atoms with Gasteiger partial charge in [0.25, 0.3) is 5.69 Å². The van der Waals surface area contributed by atoms with Gasteiger partial charge in [-0.25, -0.2) is 0 Å². The maximum Gasteiger partial charge on any atom is 0.270 e. The molecule has 2 aromatic rings. The molecule has 0 unspecified atom stereocenters. The SMILES string of the molecule is COCCOCOc1ccc(Oc2c(C)cc([N+](=O)[O-])cc2C)cc1. The number of hydrogen-bond acceptors (Lipinski definition) is 6. The Bertz CT molecular complexity index is 691. The maximum absolute atomic E-state index is 10.9. The molecule has 0 aliphatic rings. The van der Waals surface area contributed by atoms with Gasteiger partial charge in [0, 0.05) is 19.2 Å². The highest BCUT2D eigenvalue weighted by molar-refractivity contribution is 5.50. The van der Waals surface area contributed by atoms with Gasteiger partial charge in [0.1, 0.15) is 17.2 Å². The molecular weight excluding hydrogens is 326 g/mol. The first-order valence-corrected chi connectivity index (χ1v) is 7.74. The number of ether oxygens (including phenoxy) is 4. The van der Waals surface area contributed by atoms with Gasteiger partial charge in [-0.15, -0.1) is 0 Å². The van der Waals surface area contributed by atoms with Crippen LogP contribution in [0.25, 0.3) is 0 Å². The Hall–Kier alpha value is -2.64. The van der Waals surface area contributed by atoms with Crippen molar-refractivity contribution in [2.24, 2.45) is 0 Å². The van der Waals surface area contributed by atoms with Crippen LogP contribution in [0, 0.1) is 24.0 Å². The van der Waals surface area contributed by atoms with Gasteiger partial charge in [-0.3, -0.25) is 10.1 Å². The van der Waals surface area contributed by atoms with Crippen LogP contribution >= 0.6 is 0 Å². The summed E-state index contributed by atoms with van der Waals surface area (Å²) in [5, 5.41) is 10.9. The summed E-state index contributed by atoms with van der Waals surface area (Å²) in [5.74, 6) is 1.89. The summed E-state index contributed by atoms with van der Waals surface area (Å²) in [4.78, 5) is 10.5. The zero-order chi connectivity index (χ0) is 18.2. The van der Waals surface area contributed by atoms with Crippen LogP contribution in [0.2, 0.25) is 0 Å². The normalized spacial score (nSPS) is 10.5. The number of hydrogen-bond donors (Lipinski definition) is 0. The zero-order valence-corrected chi connectivity index (χ0v) is 14.5. The minimum Gasteiger partial charge on any atom is -0.468 e. The summed E-state index contributed by atoms with van der Waals surface area (Å²) in [5.41, 5.74) is 1.47. The summed E-state index contributed by atoms with van der Waals surface area (Å²) in [6.07, 6.45) is 0. The van der Waals surface area contributed by atoms with Crippen LogP contribution in [0.4, 0.5) is 5.69 Å². The van der Waals surface area contributed by atoms with Crippen molar-refractivity contribution in [1.29, 1.82) is 0 Å². The molecule has 0 radical (unpaired) electrons. The van der Waals surface area contributed by atoms with Crippen LogP contribution in [-0.2, 0) is 9.47 Å². The van der Waals surface area contributed by atoms with E-state index in [0.29, 0.717) is 41.6 Å². The molecule has 7 heteroatoms. The molecule has 0 saturated carbocycles. The molecule has 0 fully saturated rings. The second-order valence-corrected chi connectivity index (χ2v) is 5.40. The molecule has 0 aromatic heterocycles. The molecule has 2 rings (SSSR count). The van der Waals surface area contributed by atoms with Crippen LogP contribution in [0.15, 0.2) is 36.4 Å². The monoisotopic (exact) mass is 347 g/mol. The van der Waals surface area contributed by atoms with Crippen molar-refractivity contribution >= 4 is 5.69 Å². The number of aryl methyl sites for hydroxylation is 2. The summed E-state index contributed by atoms with van der Waals surface area (Å²) >= 11 is 0. The van der Waals surface area contributed by atoms with E-state index >= 15 is 0 Å². The number of benzene rings is 2. The van der Waals surface area contributed by atoms with Crippen LogP contribution in [0.5, 0.6) is 17.2 Å². The Morgan fingerprint density at radius 1 is 1.00 bits per heavy atom. The summed E-state index contributed by atoms with van der Waals surface area (Å²) in [7, 11) is 1.61. The van der Waals surface area contributed by atoms with E-state index < -0.39 is 4.92 Å². The molecule has 0 atom stereocenters. The third kappa shape index (κ3) is 5.44. The van der Waals surface area contributed by atoms with E-state index in [0.717, 1.165) is 0 Å². The third-order valence-electron chi connectivity index (χ3n) is 3.44. The van der Waals surface area contributed by atoms with E-state index in [4.69, 9.17) is 18.9 Å². The smallest absolute Gasteiger partial charge is 0.270 e. The fourth-order valence-electron chi connectivity index (χ4n) is 2.23. The fraction of sp³-hybridized carbons (Fsp3) is 0.333. The quantitative estimate of drug-likeness (QED) is 0.295. The molecule has 134 valence electrons. The minimum atomic E-state index is -0.412. The van der Waals surface area contributed by atoms with E-state index in [-0.39, 0.29) is 12.5 Å². The van der Waals surface area contributed by atoms with Crippen molar-refractivity contribution in [3.05, 3.63) is 57.6 Å². The number of nitrogens with zero attached hydrogens (tertiary/aromatic N) is 1. The Morgan fingerprint density at radius 2 is 1.60 bits per heavy atom. The first kappa shape index (κ1) is 18.7. The molecule has 0 N–H and O–H groups in total. The Labute approximate surface area is 146 Å². The topological polar surface area (TPSA) is 80.1 Å². The van der Waals surface area contributed by atoms with Crippen molar-refractivity contribution in [2.75, 3.05) is 27.1 Å². The molecule has 0 bridgehead atoms. The number of methoxy groups -OCH3 is 1. The molecular formula is C18H21NO6. The molecule has 2 aromatic carbocycles. The standard InChI is InChI=1S/C18H21NO6/c1-13-10-15(19(20)21)11-14(2)18(13)25-17-6-4-16(5-7-17)24-12-23-9-8-22-3/h4-7,10-11H,8-9,12H2,1-3H3. The molecule has 0 heterocycles. The van der Waals surface area contributed by atoms with Crippen molar-refractivity contribution in [2.45, 2.75) is 13.8 Å². The van der Waals surface area contributed by atoms with Gasteiger partial charge in [0.15, 0.2) is 6.79 Å². The molecule has 0 saturated heterocycles. The average Bonchev–Trinajstić information content (AvgIpc) is 2.59. The molecule has 7 nitrogen and oxygen atoms in total. The Balaban J connectivity index is 1.98. The summed E-state index contributed by atoms with van der Waals surface area (Å²) in [6.45, 7) is 4.69. The highest BCUT2D eigenvalue weighted by Crippen LogP contribution is 2.32. The lowest BCUT2D eigenvalue weighted by atomic mass is 10.1. The molecule has 0 amide bonds. The molecule has 0 spiro atoms. The van der Waals surface area contributed by atoms with E-state index in [1.807, 2.05) is 0 Å². The van der Waals surface area contributed by atoms with Gasteiger partial charge in [-0.2, -0.15) is 0 Å². The Morgan fingerprint density at radius 3 is 2.16 bits per heavy atom. The van der Waals surface area contributed by atoms with E-state index in [1.54, 1.807) is 45.2 Å². The summed E-state index contributed by atoms with van der Waals surface area (Å²) in [6, 6.07) is 10.1. The molecule has 25 heavy (non-hydrogen) atoms. The molecule has 0 aliphatic carbocycles. The number of nitro benzene ring substituents is 1. The predicted molar refractivity (Wildman–Crippen MR) is 92.4 cm³/mol. The van der Waals surface area contributed by atoms with E-state index in [2.05, 4.69) is 0 Å².